The Labute approximate surface area is 158 Å². The minimum absolute atomic E-state index is 0.243. The molecule has 140 valence electrons. The summed E-state index contributed by atoms with van der Waals surface area (Å²) >= 11 is 0. The number of methoxy groups -OCH3 is 2. The first-order valence-corrected chi connectivity index (χ1v) is 8.65. The van der Waals surface area contributed by atoms with Crippen molar-refractivity contribution in [3.8, 4) is 17.2 Å². The van der Waals surface area contributed by atoms with Gasteiger partial charge in [0.25, 0.3) is 0 Å². The lowest BCUT2D eigenvalue weighted by atomic mass is 9.95. The number of carbonyl (C=O) groups is 2. The molecule has 0 unspecified atom stereocenters. The molecule has 27 heavy (non-hydrogen) atoms. The highest BCUT2D eigenvalue weighted by molar-refractivity contribution is 6.15. The van der Waals surface area contributed by atoms with Crippen LogP contribution in [0, 0.1) is 0 Å². The molecule has 0 saturated carbocycles. The average molecular weight is 366 g/mol. The van der Waals surface area contributed by atoms with E-state index in [0.717, 1.165) is 0 Å². The average Bonchev–Trinajstić information content (AvgIpc) is 2.66. The predicted molar refractivity (Wildman–Crippen MR) is 103 cm³/mol. The molecule has 0 atom stereocenters. The summed E-state index contributed by atoms with van der Waals surface area (Å²) in [6, 6.07) is 10.3. The summed E-state index contributed by atoms with van der Waals surface area (Å²) in [5, 5.41) is 0. The lowest BCUT2D eigenvalue weighted by Crippen LogP contribution is -2.28. The number of ketones is 2. The van der Waals surface area contributed by atoms with Crippen molar-refractivity contribution in [2.45, 2.75) is 25.9 Å². The Morgan fingerprint density at radius 2 is 1.74 bits per heavy atom. The van der Waals surface area contributed by atoms with Crippen molar-refractivity contribution in [1.29, 1.82) is 0 Å². The van der Waals surface area contributed by atoms with Crippen molar-refractivity contribution in [2.75, 3.05) is 14.2 Å². The van der Waals surface area contributed by atoms with E-state index in [4.69, 9.17) is 14.2 Å². The number of rotatable bonds is 6. The van der Waals surface area contributed by atoms with Gasteiger partial charge in [-0.1, -0.05) is 30.3 Å². The molecule has 0 aliphatic carbocycles. The van der Waals surface area contributed by atoms with E-state index in [9.17, 15) is 9.59 Å². The largest absolute Gasteiger partial charge is 0.495 e. The van der Waals surface area contributed by atoms with Crippen LogP contribution in [0.2, 0.25) is 0 Å². The maximum atomic E-state index is 12.9. The first kappa shape index (κ1) is 18.7. The number of hydrogen-bond donors (Lipinski definition) is 0. The summed E-state index contributed by atoms with van der Waals surface area (Å²) in [6.45, 7) is 3.85. The van der Waals surface area contributed by atoms with E-state index in [1.54, 1.807) is 30.3 Å². The van der Waals surface area contributed by atoms with Gasteiger partial charge >= 0.3 is 0 Å². The Hall–Kier alpha value is -3.08. The van der Waals surface area contributed by atoms with Gasteiger partial charge in [-0.15, -0.1) is 0 Å². The minimum Gasteiger partial charge on any atom is -0.495 e. The van der Waals surface area contributed by atoms with Crippen molar-refractivity contribution in [3.05, 3.63) is 59.2 Å². The second kappa shape index (κ2) is 7.27. The van der Waals surface area contributed by atoms with E-state index in [0.29, 0.717) is 33.9 Å². The smallest absolute Gasteiger partial charge is 0.174 e. The van der Waals surface area contributed by atoms with E-state index >= 15 is 0 Å². The van der Waals surface area contributed by atoms with Crippen molar-refractivity contribution < 1.29 is 23.8 Å². The van der Waals surface area contributed by atoms with Gasteiger partial charge in [-0.3, -0.25) is 9.59 Å². The molecule has 0 fully saturated rings. The first-order chi connectivity index (χ1) is 12.9. The monoisotopic (exact) mass is 366 g/mol. The van der Waals surface area contributed by atoms with E-state index in [1.807, 2.05) is 32.1 Å². The predicted octanol–water partition coefficient (Wildman–Crippen LogP) is 4.34. The van der Waals surface area contributed by atoms with Crippen LogP contribution in [-0.2, 0) is 0 Å². The van der Waals surface area contributed by atoms with E-state index in [1.165, 1.54) is 14.2 Å². The molecule has 0 amide bonds. The molecule has 0 spiro atoms. The van der Waals surface area contributed by atoms with Crippen LogP contribution in [0.4, 0.5) is 0 Å². The SMILES string of the molecule is COc1cc(C(=O)CC(=O)c2ccccc2)c(OC)c2c1OC(C)(C)C=C2. The Morgan fingerprint density at radius 3 is 2.37 bits per heavy atom. The molecule has 1 aliphatic heterocycles. The van der Waals surface area contributed by atoms with Crippen molar-refractivity contribution in [2.24, 2.45) is 0 Å². The second-order valence-corrected chi connectivity index (χ2v) is 6.83. The molecule has 3 rings (SSSR count). The third-order valence-corrected chi connectivity index (χ3v) is 4.39. The molecule has 0 saturated heterocycles. The van der Waals surface area contributed by atoms with Crippen LogP contribution >= 0.6 is 0 Å². The van der Waals surface area contributed by atoms with Crippen LogP contribution in [0.3, 0.4) is 0 Å². The Balaban J connectivity index is 2.00. The molecule has 0 aromatic heterocycles. The van der Waals surface area contributed by atoms with Gasteiger partial charge in [-0.25, -0.2) is 0 Å². The van der Waals surface area contributed by atoms with E-state index in [-0.39, 0.29) is 18.0 Å². The van der Waals surface area contributed by atoms with Crippen LogP contribution in [0.5, 0.6) is 17.2 Å². The van der Waals surface area contributed by atoms with Crippen molar-refractivity contribution in [3.63, 3.8) is 0 Å². The van der Waals surface area contributed by atoms with Gasteiger partial charge in [0.1, 0.15) is 11.4 Å². The molecule has 0 N–H and O–H groups in total. The molecule has 1 aliphatic rings. The maximum absolute atomic E-state index is 12.9. The number of ether oxygens (including phenoxy) is 3. The Bertz CT molecular complexity index is 910. The number of Topliss-reactive ketones (excluding diaryl/α,β-unsaturated/α-hetero) is 2. The highest BCUT2D eigenvalue weighted by Crippen LogP contribution is 2.45. The lowest BCUT2D eigenvalue weighted by molar-refractivity contribution is 0.0892. The van der Waals surface area contributed by atoms with Gasteiger partial charge in [-0.2, -0.15) is 0 Å². The topological polar surface area (TPSA) is 61.8 Å². The zero-order valence-electron chi connectivity index (χ0n) is 15.9. The normalized spacial score (nSPS) is 14.1. The Kier molecular flexibility index (Phi) is 5.04. The van der Waals surface area contributed by atoms with Gasteiger partial charge < -0.3 is 14.2 Å². The van der Waals surface area contributed by atoms with Gasteiger partial charge in [0.05, 0.1) is 31.8 Å². The fourth-order valence-corrected chi connectivity index (χ4v) is 3.03. The third kappa shape index (κ3) is 3.72. The van der Waals surface area contributed by atoms with Gasteiger partial charge in [0.15, 0.2) is 23.1 Å². The molecule has 0 bridgehead atoms. The third-order valence-electron chi connectivity index (χ3n) is 4.39. The van der Waals surface area contributed by atoms with E-state index in [2.05, 4.69) is 0 Å². The standard InChI is InChI=1S/C22H22O5/c1-22(2)11-10-15-20(26-4)16(12-19(25-3)21(15)27-22)18(24)13-17(23)14-8-6-5-7-9-14/h5-12H,13H2,1-4H3. The molecule has 2 aromatic carbocycles. The number of hydrogen-bond acceptors (Lipinski definition) is 5. The quantitative estimate of drug-likeness (QED) is 0.562. The number of carbonyl (C=O) groups excluding carboxylic acids is 2. The zero-order chi connectivity index (χ0) is 19.6. The van der Waals surface area contributed by atoms with Crippen LogP contribution < -0.4 is 14.2 Å². The lowest BCUT2D eigenvalue weighted by Gasteiger charge is -2.30. The number of benzene rings is 2. The summed E-state index contributed by atoms with van der Waals surface area (Å²) in [4.78, 5) is 25.3. The molecular formula is C22H22O5. The van der Waals surface area contributed by atoms with Crippen LogP contribution in [-0.4, -0.2) is 31.4 Å². The summed E-state index contributed by atoms with van der Waals surface area (Å²) in [6.07, 6.45) is 3.50. The highest BCUT2D eigenvalue weighted by Gasteiger charge is 2.30. The fourth-order valence-electron chi connectivity index (χ4n) is 3.03. The zero-order valence-corrected chi connectivity index (χ0v) is 15.9. The van der Waals surface area contributed by atoms with Gasteiger partial charge in [0.2, 0.25) is 0 Å². The van der Waals surface area contributed by atoms with E-state index < -0.39 is 5.60 Å². The minimum atomic E-state index is -0.500. The van der Waals surface area contributed by atoms with Gasteiger partial charge in [-0.05, 0) is 32.1 Å². The van der Waals surface area contributed by atoms with Crippen molar-refractivity contribution >= 4 is 17.6 Å². The first-order valence-electron chi connectivity index (χ1n) is 8.65. The molecule has 5 heteroatoms. The summed E-state index contributed by atoms with van der Waals surface area (Å²) in [5.41, 5.74) is 0.928. The maximum Gasteiger partial charge on any atom is 0.174 e. The molecule has 1 heterocycles. The molecule has 0 radical (unpaired) electrons. The molecule has 2 aromatic rings. The second-order valence-electron chi connectivity index (χ2n) is 6.83. The summed E-state index contributed by atoms with van der Waals surface area (Å²) < 4.78 is 16.9. The summed E-state index contributed by atoms with van der Waals surface area (Å²) in [7, 11) is 3.01. The van der Waals surface area contributed by atoms with Crippen LogP contribution in [0.15, 0.2) is 42.5 Å². The summed E-state index contributed by atoms with van der Waals surface area (Å²) in [5.74, 6) is 0.752. The molecule has 5 nitrogen and oxygen atoms in total. The van der Waals surface area contributed by atoms with Crippen LogP contribution in [0.25, 0.3) is 6.08 Å². The highest BCUT2D eigenvalue weighted by atomic mass is 16.5. The van der Waals surface area contributed by atoms with Gasteiger partial charge in [0, 0.05) is 5.56 Å². The Morgan fingerprint density at radius 1 is 1.04 bits per heavy atom. The fraction of sp³-hybridized carbons (Fsp3) is 0.273. The van der Waals surface area contributed by atoms with Crippen molar-refractivity contribution in [1.82, 2.24) is 0 Å². The number of fused-ring (bicyclic) bond motifs is 1. The molecular weight excluding hydrogens is 344 g/mol. The van der Waals surface area contributed by atoms with Crippen LogP contribution in [0.1, 0.15) is 46.5 Å².